The molecule has 0 radical (unpaired) electrons. The van der Waals surface area contributed by atoms with Crippen LogP contribution in [-0.2, 0) is 0 Å². The van der Waals surface area contributed by atoms with Crippen LogP contribution < -0.4 is 0 Å². The Balaban J connectivity index is 3.50. The molecule has 0 aromatic heterocycles. The van der Waals surface area contributed by atoms with Gasteiger partial charge in [0.25, 0.3) is 5.24 Å². The second-order valence-electron chi connectivity index (χ2n) is 2.89. The molecule has 0 heterocycles. The van der Waals surface area contributed by atoms with Gasteiger partial charge in [-0.05, 0) is 42.6 Å². The van der Waals surface area contributed by atoms with E-state index in [2.05, 4.69) is 0 Å². The number of carbonyl (C=O) groups is 1. The number of hydrogen-bond donors (Lipinski definition) is 0. The highest BCUT2D eigenvalue weighted by molar-refractivity contribution is 6.68. The number of nitrogens with zero attached hydrogens (tertiary/aromatic N) is 1. The summed E-state index contributed by atoms with van der Waals surface area (Å²) >= 11 is 5.35. The maximum atomic E-state index is 11.0. The van der Waals surface area contributed by atoms with Crippen LogP contribution in [0.4, 0.5) is 0 Å². The summed E-state index contributed by atoms with van der Waals surface area (Å²) < 4.78 is 0. The van der Waals surface area contributed by atoms with E-state index < -0.39 is 5.24 Å². The van der Waals surface area contributed by atoms with Crippen molar-refractivity contribution in [1.29, 1.82) is 5.26 Å². The summed E-state index contributed by atoms with van der Waals surface area (Å²) in [6.07, 6.45) is 0. The van der Waals surface area contributed by atoms with Gasteiger partial charge < -0.3 is 0 Å². The predicted molar refractivity (Wildman–Crippen MR) is 50.8 cm³/mol. The fourth-order valence-electron chi connectivity index (χ4n) is 1.32. The van der Waals surface area contributed by atoms with Crippen LogP contribution >= 0.6 is 11.6 Å². The molecule has 0 saturated carbocycles. The third kappa shape index (κ3) is 1.88. The molecule has 1 rings (SSSR count). The second-order valence-corrected chi connectivity index (χ2v) is 3.23. The molecule has 0 spiro atoms. The molecule has 0 fully saturated rings. The number of nitriles is 1. The molecule has 0 saturated heterocycles. The molecule has 0 atom stereocenters. The quantitative estimate of drug-likeness (QED) is 0.644. The van der Waals surface area contributed by atoms with Crippen molar-refractivity contribution >= 4 is 16.8 Å². The Hall–Kier alpha value is -1.33. The van der Waals surface area contributed by atoms with Crippen molar-refractivity contribution in [2.75, 3.05) is 0 Å². The lowest BCUT2D eigenvalue weighted by atomic mass is 10.0. The molecule has 0 unspecified atom stereocenters. The Morgan fingerprint density at radius 3 is 2.54 bits per heavy atom. The van der Waals surface area contributed by atoms with E-state index >= 15 is 0 Å². The van der Waals surface area contributed by atoms with E-state index in [1.165, 1.54) is 0 Å². The first-order valence-corrected chi connectivity index (χ1v) is 4.15. The van der Waals surface area contributed by atoms with Crippen LogP contribution in [-0.4, -0.2) is 5.24 Å². The molecule has 1 aromatic carbocycles. The van der Waals surface area contributed by atoms with Crippen molar-refractivity contribution in [3.8, 4) is 6.07 Å². The molecule has 0 amide bonds. The van der Waals surface area contributed by atoms with Crippen LogP contribution in [0.25, 0.3) is 0 Å². The Morgan fingerprint density at radius 1 is 1.46 bits per heavy atom. The van der Waals surface area contributed by atoms with Crippen molar-refractivity contribution < 1.29 is 4.79 Å². The summed E-state index contributed by atoms with van der Waals surface area (Å²) in [7, 11) is 0. The van der Waals surface area contributed by atoms with Gasteiger partial charge in [-0.3, -0.25) is 4.79 Å². The van der Waals surface area contributed by atoms with E-state index in [9.17, 15) is 4.79 Å². The van der Waals surface area contributed by atoms with Crippen molar-refractivity contribution in [2.24, 2.45) is 0 Å². The van der Waals surface area contributed by atoms with Crippen LogP contribution in [0.15, 0.2) is 12.1 Å². The largest absolute Gasteiger partial charge is 0.276 e. The minimum absolute atomic E-state index is 0.315. The van der Waals surface area contributed by atoms with Gasteiger partial charge >= 0.3 is 0 Å². The maximum Gasteiger partial charge on any atom is 0.253 e. The predicted octanol–water partition coefficient (Wildman–Crippen LogP) is 2.55. The van der Waals surface area contributed by atoms with E-state index in [-0.39, 0.29) is 0 Å². The molecule has 66 valence electrons. The highest BCUT2D eigenvalue weighted by atomic mass is 35.5. The maximum absolute atomic E-state index is 11.0. The molecular weight excluding hydrogens is 186 g/mol. The minimum atomic E-state index is -0.575. The molecule has 13 heavy (non-hydrogen) atoms. The number of halogens is 1. The van der Waals surface area contributed by atoms with Crippen LogP contribution in [0.1, 0.15) is 27.0 Å². The standard InChI is InChI=1S/C10H8ClNO/c1-6-3-7(2)9(10(11)13)8(4-6)5-12/h3-4H,1-2H3. The zero-order valence-corrected chi connectivity index (χ0v) is 8.14. The van der Waals surface area contributed by atoms with Gasteiger partial charge in [0.15, 0.2) is 0 Å². The average Bonchev–Trinajstić information content (AvgIpc) is 2.01. The molecule has 0 aliphatic heterocycles. The summed E-state index contributed by atoms with van der Waals surface area (Å²) in [5.41, 5.74) is 2.36. The van der Waals surface area contributed by atoms with Crippen LogP contribution in [0.2, 0.25) is 0 Å². The molecule has 1 aromatic rings. The summed E-state index contributed by atoms with van der Waals surface area (Å²) in [5.74, 6) is 0. The van der Waals surface area contributed by atoms with Gasteiger partial charge in [-0.2, -0.15) is 5.26 Å². The summed E-state index contributed by atoms with van der Waals surface area (Å²) in [4.78, 5) is 11.0. The van der Waals surface area contributed by atoms with Crippen molar-refractivity contribution in [3.63, 3.8) is 0 Å². The van der Waals surface area contributed by atoms with Gasteiger partial charge in [-0.25, -0.2) is 0 Å². The van der Waals surface area contributed by atoms with Crippen LogP contribution in [0, 0.1) is 25.2 Å². The fourth-order valence-corrected chi connectivity index (χ4v) is 1.57. The van der Waals surface area contributed by atoms with Crippen LogP contribution in [0.3, 0.4) is 0 Å². The summed E-state index contributed by atoms with van der Waals surface area (Å²) in [5, 5.41) is 8.18. The zero-order chi connectivity index (χ0) is 10.0. The van der Waals surface area contributed by atoms with E-state index in [4.69, 9.17) is 16.9 Å². The first-order valence-electron chi connectivity index (χ1n) is 3.77. The van der Waals surface area contributed by atoms with Crippen molar-refractivity contribution in [1.82, 2.24) is 0 Å². The Kier molecular flexibility index (Phi) is 2.69. The van der Waals surface area contributed by atoms with Crippen LogP contribution in [0.5, 0.6) is 0 Å². The molecule has 0 aliphatic carbocycles. The molecule has 2 nitrogen and oxygen atoms in total. The Bertz CT molecular complexity index is 404. The lowest BCUT2D eigenvalue weighted by Gasteiger charge is -2.04. The van der Waals surface area contributed by atoms with Gasteiger partial charge in [-0.1, -0.05) is 6.07 Å². The van der Waals surface area contributed by atoms with E-state index in [1.807, 2.05) is 19.1 Å². The third-order valence-electron chi connectivity index (χ3n) is 1.80. The smallest absolute Gasteiger partial charge is 0.253 e. The number of hydrogen-bond acceptors (Lipinski definition) is 2. The number of carbonyl (C=O) groups excluding carboxylic acids is 1. The van der Waals surface area contributed by atoms with E-state index in [0.717, 1.165) is 11.1 Å². The molecule has 0 N–H and O–H groups in total. The van der Waals surface area contributed by atoms with Crippen molar-refractivity contribution in [2.45, 2.75) is 13.8 Å². The highest BCUT2D eigenvalue weighted by Gasteiger charge is 2.12. The van der Waals surface area contributed by atoms with Gasteiger partial charge in [-0.15, -0.1) is 0 Å². The summed E-state index contributed by atoms with van der Waals surface area (Å²) in [6.45, 7) is 3.64. The lowest BCUT2D eigenvalue weighted by molar-refractivity contribution is 0.108. The summed E-state index contributed by atoms with van der Waals surface area (Å²) in [6, 6.07) is 5.44. The fraction of sp³-hybridized carbons (Fsp3) is 0.200. The molecular formula is C10H8ClNO. The van der Waals surface area contributed by atoms with Gasteiger partial charge in [0, 0.05) is 0 Å². The zero-order valence-electron chi connectivity index (χ0n) is 7.39. The lowest BCUT2D eigenvalue weighted by Crippen LogP contribution is -1.98. The normalized spacial score (nSPS) is 9.38. The van der Waals surface area contributed by atoms with Gasteiger partial charge in [0.1, 0.15) is 0 Å². The molecule has 3 heteroatoms. The number of rotatable bonds is 1. The monoisotopic (exact) mass is 193 g/mol. The Morgan fingerprint density at radius 2 is 2.08 bits per heavy atom. The molecule has 0 aliphatic rings. The first-order chi connectivity index (χ1) is 6.06. The van der Waals surface area contributed by atoms with E-state index in [1.54, 1.807) is 13.0 Å². The molecule has 0 bridgehead atoms. The van der Waals surface area contributed by atoms with Crippen molar-refractivity contribution in [3.05, 3.63) is 34.4 Å². The Labute approximate surface area is 81.7 Å². The topological polar surface area (TPSA) is 40.9 Å². The number of benzene rings is 1. The second kappa shape index (κ2) is 3.59. The highest BCUT2D eigenvalue weighted by Crippen LogP contribution is 2.18. The van der Waals surface area contributed by atoms with Gasteiger partial charge in [0.2, 0.25) is 0 Å². The van der Waals surface area contributed by atoms with Gasteiger partial charge in [0.05, 0.1) is 17.2 Å². The average molecular weight is 194 g/mol. The number of aryl methyl sites for hydroxylation is 2. The minimum Gasteiger partial charge on any atom is -0.276 e. The third-order valence-corrected chi connectivity index (χ3v) is 1.99. The SMILES string of the molecule is Cc1cc(C)c(C(=O)Cl)c(C#N)c1. The van der Waals surface area contributed by atoms with E-state index in [0.29, 0.717) is 11.1 Å². The first kappa shape index (κ1) is 9.76.